The van der Waals surface area contributed by atoms with Gasteiger partial charge in [-0.1, -0.05) is 18.2 Å². The molecule has 0 radical (unpaired) electrons. The fraction of sp³-hybridized carbons (Fsp3) is 0.308. The molecular formula is C13H14N2O5. The van der Waals surface area contributed by atoms with Gasteiger partial charge < -0.3 is 20.9 Å². The lowest BCUT2D eigenvalue weighted by molar-refractivity contribution is -0.143. The Morgan fingerprint density at radius 1 is 1.40 bits per heavy atom. The van der Waals surface area contributed by atoms with E-state index in [0.717, 1.165) is 0 Å². The number of hydrogen-bond acceptors (Lipinski definition) is 4. The predicted octanol–water partition coefficient (Wildman–Crippen LogP) is -0.393. The highest BCUT2D eigenvalue weighted by molar-refractivity contribution is 5.91. The van der Waals surface area contributed by atoms with Crippen LogP contribution in [0.5, 0.6) is 5.75 Å². The first-order valence-electron chi connectivity index (χ1n) is 6.02. The standard InChI is InChI=1S/C13H14N2O5/c14-11(16)5-9(13(18)19)15-12(17)8-6-20-10-4-2-1-3-7(8)10/h1-4,8-9H,5-6H2,(H2,14,16)(H,15,17)(H,18,19)/t8?,9-/m1/s1. The maximum absolute atomic E-state index is 12.1. The summed E-state index contributed by atoms with van der Waals surface area (Å²) in [5.41, 5.74) is 5.66. The van der Waals surface area contributed by atoms with E-state index in [1.165, 1.54) is 0 Å². The van der Waals surface area contributed by atoms with Crippen LogP contribution in [0.1, 0.15) is 17.9 Å². The Bertz CT molecular complexity index is 557. The second-order valence-corrected chi connectivity index (χ2v) is 4.47. The molecule has 2 rings (SSSR count). The van der Waals surface area contributed by atoms with E-state index in [1.54, 1.807) is 24.3 Å². The van der Waals surface area contributed by atoms with Crippen LogP contribution >= 0.6 is 0 Å². The van der Waals surface area contributed by atoms with Crippen LogP contribution in [0.2, 0.25) is 0 Å². The van der Waals surface area contributed by atoms with Crippen LogP contribution in [0.15, 0.2) is 24.3 Å². The highest BCUT2D eigenvalue weighted by atomic mass is 16.5. The zero-order chi connectivity index (χ0) is 14.7. The summed E-state index contributed by atoms with van der Waals surface area (Å²) in [6.45, 7) is 0.147. The number of ether oxygens (including phenoxy) is 1. The summed E-state index contributed by atoms with van der Waals surface area (Å²) in [6.07, 6.45) is -0.448. The number of nitrogens with two attached hydrogens (primary N) is 1. The summed E-state index contributed by atoms with van der Waals surface area (Å²) in [5.74, 6) is -2.57. The van der Waals surface area contributed by atoms with Crippen LogP contribution in [0.3, 0.4) is 0 Å². The summed E-state index contributed by atoms with van der Waals surface area (Å²) in [5, 5.41) is 11.3. The van der Waals surface area contributed by atoms with Gasteiger partial charge in [-0.3, -0.25) is 9.59 Å². The van der Waals surface area contributed by atoms with Gasteiger partial charge in [-0.2, -0.15) is 0 Å². The Morgan fingerprint density at radius 3 is 2.75 bits per heavy atom. The maximum atomic E-state index is 12.1. The van der Waals surface area contributed by atoms with Crippen molar-refractivity contribution in [2.45, 2.75) is 18.4 Å². The number of aliphatic carboxylic acids is 1. The van der Waals surface area contributed by atoms with Crippen molar-refractivity contribution in [3.05, 3.63) is 29.8 Å². The average Bonchev–Trinajstić information content (AvgIpc) is 2.81. The fourth-order valence-corrected chi connectivity index (χ4v) is 2.05. The van der Waals surface area contributed by atoms with Crippen molar-refractivity contribution in [2.75, 3.05) is 6.61 Å². The number of benzene rings is 1. The molecule has 1 aromatic carbocycles. The van der Waals surface area contributed by atoms with E-state index in [-0.39, 0.29) is 6.61 Å². The summed E-state index contributed by atoms with van der Waals surface area (Å²) in [6, 6.07) is 5.71. The number of fused-ring (bicyclic) bond motifs is 1. The first-order chi connectivity index (χ1) is 9.49. The van der Waals surface area contributed by atoms with E-state index < -0.39 is 36.2 Å². The maximum Gasteiger partial charge on any atom is 0.326 e. The fourth-order valence-electron chi connectivity index (χ4n) is 2.05. The smallest absolute Gasteiger partial charge is 0.326 e. The molecule has 0 saturated carbocycles. The van der Waals surface area contributed by atoms with Crippen LogP contribution < -0.4 is 15.8 Å². The van der Waals surface area contributed by atoms with Crippen molar-refractivity contribution in [3.8, 4) is 5.75 Å². The lowest BCUT2D eigenvalue weighted by Crippen LogP contribution is -2.45. The third kappa shape index (κ3) is 2.87. The second kappa shape index (κ2) is 5.60. The molecule has 4 N–H and O–H groups in total. The average molecular weight is 278 g/mol. The van der Waals surface area contributed by atoms with E-state index in [1.807, 2.05) is 0 Å². The Hall–Kier alpha value is -2.57. The zero-order valence-corrected chi connectivity index (χ0v) is 10.5. The van der Waals surface area contributed by atoms with E-state index in [0.29, 0.717) is 11.3 Å². The molecule has 7 nitrogen and oxygen atoms in total. The number of carbonyl (C=O) groups excluding carboxylic acids is 2. The molecular weight excluding hydrogens is 264 g/mol. The highest BCUT2D eigenvalue weighted by Crippen LogP contribution is 2.33. The van der Waals surface area contributed by atoms with Gasteiger partial charge in [0.15, 0.2) is 0 Å². The first kappa shape index (κ1) is 13.9. The van der Waals surface area contributed by atoms with Gasteiger partial charge in [-0.15, -0.1) is 0 Å². The molecule has 7 heteroatoms. The Kier molecular flexibility index (Phi) is 3.88. The predicted molar refractivity (Wildman–Crippen MR) is 68.1 cm³/mol. The number of amides is 2. The zero-order valence-electron chi connectivity index (χ0n) is 10.5. The Balaban J connectivity index is 2.09. The van der Waals surface area contributed by atoms with Crippen molar-refractivity contribution >= 4 is 17.8 Å². The monoisotopic (exact) mass is 278 g/mol. The molecule has 2 atom stereocenters. The van der Waals surface area contributed by atoms with Crippen molar-refractivity contribution in [1.29, 1.82) is 0 Å². The molecule has 0 bridgehead atoms. The van der Waals surface area contributed by atoms with Gasteiger partial charge >= 0.3 is 5.97 Å². The van der Waals surface area contributed by atoms with Gasteiger partial charge in [0, 0.05) is 5.56 Å². The molecule has 1 aliphatic rings. The van der Waals surface area contributed by atoms with Gasteiger partial charge in [-0.25, -0.2) is 4.79 Å². The van der Waals surface area contributed by atoms with E-state index in [4.69, 9.17) is 15.6 Å². The minimum absolute atomic E-state index is 0.147. The number of hydrogen-bond donors (Lipinski definition) is 3. The number of carboxylic acids is 1. The molecule has 20 heavy (non-hydrogen) atoms. The Labute approximate surface area is 114 Å². The van der Waals surface area contributed by atoms with Gasteiger partial charge in [-0.05, 0) is 6.07 Å². The lowest BCUT2D eigenvalue weighted by atomic mass is 10.00. The number of primary amides is 1. The molecule has 0 spiro atoms. The molecule has 106 valence electrons. The van der Waals surface area contributed by atoms with Gasteiger partial charge in [0.1, 0.15) is 24.3 Å². The second-order valence-electron chi connectivity index (χ2n) is 4.47. The van der Waals surface area contributed by atoms with Gasteiger partial charge in [0.25, 0.3) is 0 Å². The minimum atomic E-state index is -1.33. The molecule has 1 heterocycles. The van der Waals surface area contributed by atoms with Gasteiger partial charge in [0.05, 0.1) is 6.42 Å². The molecule has 0 aromatic heterocycles. The van der Waals surface area contributed by atoms with E-state index in [9.17, 15) is 14.4 Å². The number of para-hydroxylation sites is 1. The first-order valence-corrected chi connectivity index (χ1v) is 6.02. The molecule has 0 saturated heterocycles. The van der Waals surface area contributed by atoms with E-state index in [2.05, 4.69) is 5.32 Å². The summed E-state index contributed by atoms with van der Waals surface area (Å²) < 4.78 is 5.36. The van der Waals surface area contributed by atoms with Gasteiger partial charge in [0.2, 0.25) is 11.8 Å². The summed E-state index contributed by atoms with van der Waals surface area (Å²) >= 11 is 0. The van der Waals surface area contributed by atoms with E-state index >= 15 is 0 Å². The normalized spacial score (nSPS) is 17.7. The number of carboxylic acid groups (broad SMARTS) is 1. The lowest BCUT2D eigenvalue weighted by Gasteiger charge is -2.15. The number of nitrogens with one attached hydrogen (secondary N) is 1. The van der Waals surface area contributed by atoms with Crippen LogP contribution in [-0.2, 0) is 14.4 Å². The summed E-state index contributed by atoms with van der Waals surface area (Å²) in [7, 11) is 0. The molecule has 0 fully saturated rings. The molecule has 0 aliphatic carbocycles. The molecule has 1 aromatic rings. The minimum Gasteiger partial charge on any atom is -0.492 e. The highest BCUT2D eigenvalue weighted by Gasteiger charge is 2.32. The third-order valence-corrected chi connectivity index (χ3v) is 3.04. The molecule has 1 aliphatic heterocycles. The molecule has 2 amide bonds. The number of rotatable bonds is 5. The van der Waals surface area contributed by atoms with Crippen molar-refractivity contribution in [1.82, 2.24) is 5.32 Å². The largest absolute Gasteiger partial charge is 0.492 e. The SMILES string of the molecule is NC(=O)C[C@@H](NC(=O)C1COc2ccccc21)C(=O)O. The van der Waals surface area contributed by atoms with Crippen LogP contribution in [0.4, 0.5) is 0 Å². The third-order valence-electron chi connectivity index (χ3n) is 3.04. The van der Waals surface area contributed by atoms with Crippen molar-refractivity contribution in [3.63, 3.8) is 0 Å². The topological polar surface area (TPSA) is 119 Å². The van der Waals surface area contributed by atoms with Crippen LogP contribution in [-0.4, -0.2) is 35.5 Å². The number of carbonyl (C=O) groups is 3. The van der Waals surface area contributed by atoms with Crippen LogP contribution in [0, 0.1) is 0 Å². The van der Waals surface area contributed by atoms with Crippen molar-refractivity contribution in [2.24, 2.45) is 5.73 Å². The Morgan fingerprint density at radius 2 is 2.10 bits per heavy atom. The molecule has 1 unspecified atom stereocenters. The van der Waals surface area contributed by atoms with Crippen molar-refractivity contribution < 1.29 is 24.2 Å². The quantitative estimate of drug-likeness (QED) is 0.677. The van der Waals surface area contributed by atoms with Crippen LogP contribution in [0.25, 0.3) is 0 Å². The summed E-state index contributed by atoms with van der Waals surface area (Å²) in [4.78, 5) is 33.9.